The van der Waals surface area contributed by atoms with Gasteiger partial charge in [0.15, 0.2) is 0 Å². The molecule has 17 heavy (non-hydrogen) atoms. The first-order valence-corrected chi connectivity index (χ1v) is 6.93. The molecule has 0 saturated heterocycles. The standard InChI is InChI=1S/C15H26N2/c1-4-6-8-13-10-11-14(9-7-5-2)17-15(13)12(3)16/h10-12H,4-9,16H2,1-3H3. The average Bonchev–Trinajstić information content (AvgIpc) is 2.34. The molecule has 1 atom stereocenters. The predicted octanol–water partition coefficient (Wildman–Crippen LogP) is 3.79. The molecule has 1 aromatic heterocycles. The molecule has 0 saturated carbocycles. The third-order valence-electron chi connectivity index (χ3n) is 3.09. The van der Waals surface area contributed by atoms with Crippen molar-refractivity contribution >= 4 is 0 Å². The van der Waals surface area contributed by atoms with Gasteiger partial charge in [-0.1, -0.05) is 32.8 Å². The maximum absolute atomic E-state index is 6.02. The molecule has 1 unspecified atom stereocenters. The number of nitrogens with two attached hydrogens (primary N) is 1. The van der Waals surface area contributed by atoms with Crippen LogP contribution in [0.25, 0.3) is 0 Å². The molecule has 1 rings (SSSR count). The summed E-state index contributed by atoms with van der Waals surface area (Å²) in [5.41, 5.74) is 9.65. The molecule has 96 valence electrons. The van der Waals surface area contributed by atoms with Crippen LogP contribution in [0.4, 0.5) is 0 Å². The van der Waals surface area contributed by atoms with E-state index in [2.05, 4.69) is 26.0 Å². The van der Waals surface area contributed by atoms with Crippen molar-refractivity contribution in [1.82, 2.24) is 4.98 Å². The number of unbranched alkanes of at least 4 members (excludes halogenated alkanes) is 2. The molecule has 0 aliphatic heterocycles. The van der Waals surface area contributed by atoms with E-state index in [0.717, 1.165) is 18.5 Å². The minimum absolute atomic E-state index is 0.0448. The molecule has 0 aliphatic rings. The van der Waals surface area contributed by atoms with Crippen LogP contribution in [0.5, 0.6) is 0 Å². The monoisotopic (exact) mass is 234 g/mol. The highest BCUT2D eigenvalue weighted by Gasteiger charge is 2.09. The van der Waals surface area contributed by atoms with Crippen molar-refractivity contribution in [1.29, 1.82) is 0 Å². The first kappa shape index (κ1) is 14.2. The maximum Gasteiger partial charge on any atom is 0.0603 e. The van der Waals surface area contributed by atoms with Gasteiger partial charge in [0.25, 0.3) is 0 Å². The van der Waals surface area contributed by atoms with Crippen molar-refractivity contribution in [3.05, 3.63) is 29.1 Å². The van der Waals surface area contributed by atoms with Crippen molar-refractivity contribution in [3.63, 3.8) is 0 Å². The summed E-state index contributed by atoms with van der Waals surface area (Å²) < 4.78 is 0. The fourth-order valence-electron chi connectivity index (χ4n) is 2.02. The number of aryl methyl sites for hydroxylation is 2. The topological polar surface area (TPSA) is 38.9 Å². The largest absolute Gasteiger partial charge is 0.323 e. The highest BCUT2D eigenvalue weighted by molar-refractivity contribution is 5.25. The van der Waals surface area contributed by atoms with E-state index in [1.54, 1.807) is 0 Å². The van der Waals surface area contributed by atoms with Gasteiger partial charge >= 0.3 is 0 Å². The molecule has 2 N–H and O–H groups in total. The van der Waals surface area contributed by atoms with Crippen LogP contribution in [-0.4, -0.2) is 4.98 Å². The van der Waals surface area contributed by atoms with Gasteiger partial charge in [-0.3, -0.25) is 4.98 Å². The lowest BCUT2D eigenvalue weighted by molar-refractivity contribution is 0.708. The minimum atomic E-state index is 0.0448. The van der Waals surface area contributed by atoms with Crippen LogP contribution in [0, 0.1) is 0 Å². The zero-order valence-corrected chi connectivity index (χ0v) is 11.5. The van der Waals surface area contributed by atoms with E-state index in [-0.39, 0.29) is 6.04 Å². The van der Waals surface area contributed by atoms with Gasteiger partial charge < -0.3 is 5.73 Å². The van der Waals surface area contributed by atoms with Gasteiger partial charge in [-0.2, -0.15) is 0 Å². The van der Waals surface area contributed by atoms with Crippen molar-refractivity contribution in [3.8, 4) is 0 Å². The van der Waals surface area contributed by atoms with E-state index >= 15 is 0 Å². The Bertz CT molecular complexity index is 332. The Kier molecular flexibility index (Phi) is 6.20. The highest BCUT2D eigenvalue weighted by atomic mass is 14.8. The zero-order chi connectivity index (χ0) is 12.7. The molecule has 2 heteroatoms. The number of hydrogen-bond donors (Lipinski definition) is 1. The minimum Gasteiger partial charge on any atom is -0.323 e. The lowest BCUT2D eigenvalue weighted by Crippen LogP contribution is -2.12. The first-order valence-electron chi connectivity index (χ1n) is 6.93. The molecule has 0 aromatic carbocycles. The third kappa shape index (κ3) is 4.47. The summed E-state index contributed by atoms with van der Waals surface area (Å²) in [6.07, 6.45) is 7.04. The lowest BCUT2D eigenvalue weighted by atomic mass is 10.0. The maximum atomic E-state index is 6.02. The van der Waals surface area contributed by atoms with Crippen LogP contribution in [-0.2, 0) is 12.8 Å². The molecular weight excluding hydrogens is 208 g/mol. The van der Waals surface area contributed by atoms with Crippen molar-refractivity contribution in [2.75, 3.05) is 0 Å². The van der Waals surface area contributed by atoms with Gasteiger partial charge in [0.2, 0.25) is 0 Å². The molecule has 1 aromatic rings. The number of pyridine rings is 1. The van der Waals surface area contributed by atoms with Crippen LogP contribution < -0.4 is 5.73 Å². The Hall–Kier alpha value is -0.890. The summed E-state index contributed by atoms with van der Waals surface area (Å²) in [7, 11) is 0. The van der Waals surface area contributed by atoms with Gasteiger partial charge in [0.1, 0.15) is 0 Å². The van der Waals surface area contributed by atoms with E-state index in [4.69, 9.17) is 10.7 Å². The molecule has 2 nitrogen and oxygen atoms in total. The van der Waals surface area contributed by atoms with E-state index in [0.29, 0.717) is 0 Å². The van der Waals surface area contributed by atoms with Crippen LogP contribution in [0.15, 0.2) is 12.1 Å². The van der Waals surface area contributed by atoms with Gasteiger partial charge in [-0.15, -0.1) is 0 Å². The number of nitrogens with zero attached hydrogens (tertiary/aromatic N) is 1. The molecule has 0 fully saturated rings. The fraction of sp³-hybridized carbons (Fsp3) is 0.667. The summed E-state index contributed by atoms with van der Waals surface area (Å²) in [4.78, 5) is 4.74. The van der Waals surface area contributed by atoms with Crippen LogP contribution in [0.2, 0.25) is 0 Å². The Labute approximate surface area is 106 Å². The SMILES string of the molecule is CCCCc1ccc(CCCC)c(C(C)N)n1. The molecule has 0 aliphatic carbocycles. The summed E-state index contributed by atoms with van der Waals surface area (Å²) >= 11 is 0. The van der Waals surface area contributed by atoms with Crippen molar-refractivity contribution in [2.45, 2.75) is 65.3 Å². The summed E-state index contributed by atoms with van der Waals surface area (Å²) in [5, 5.41) is 0. The van der Waals surface area contributed by atoms with Crippen LogP contribution in [0.1, 0.15) is 69.4 Å². The van der Waals surface area contributed by atoms with E-state index in [1.807, 2.05) is 6.92 Å². The molecule has 0 amide bonds. The second kappa shape index (κ2) is 7.44. The second-order valence-electron chi connectivity index (χ2n) is 4.84. The predicted molar refractivity (Wildman–Crippen MR) is 74.1 cm³/mol. The van der Waals surface area contributed by atoms with Crippen LogP contribution >= 0.6 is 0 Å². The summed E-state index contributed by atoms with van der Waals surface area (Å²) in [6, 6.07) is 4.45. The molecule has 1 heterocycles. The first-order chi connectivity index (χ1) is 8.19. The Balaban J connectivity index is 2.83. The van der Waals surface area contributed by atoms with Gasteiger partial charge in [0, 0.05) is 11.7 Å². The fourth-order valence-corrected chi connectivity index (χ4v) is 2.02. The Morgan fingerprint density at radius 3 is 2.35 bits per heavy atom. The zero-order valence-electron chi connectivity index (χ0n) is 11.5. The van der Waals surface area contributed by atoms with E-state index < -0.39 is 0 Å². The van der Waals surface area contributed by atoms with Gasteiger partial charge in [-0.05, 0) is 44.2 Å². The molecule has 0 bridgehead atoms. The summed E-state index contributed by atoms with van der Waals surface area (Å²) in [6.45, 7) is 6.46. The van der Waals surface area contributed by atoms with E-state index in [9.17, 15) is 0 Å². The molecule has 0 radical (unpaired) electrons. The van der Waals surface area contributed by atoms with Crippen molar-refractivity contribution < 1.29 is 0 Å². The lowest BCUT2D eigenvalue weighted by Gasteiger charge is -2.13. The van der Waals surface area contributed by atoms with Gasteiger partial charge in [0.05, 0.1) is 5.69 Å². The quantitative estimate of drug-likeness (QED) is 0.779. The smallest absolute Gasteiger partial charge is 0.0603 e. The number of hydrogen-bond acceptors (Lipinski definition) is 2. The van der Waals surface area contributed by atoms with Gasteiger partial charge in [-0.25, -0.2) is 0 Å². The van der Waals surface area contributed by atoms with E-state index in [1.165, 1.54) is 36.9 Å². The highest BCUT2D eigenvalue weighted by Crippen LogP contribution is 2.17. The summed E-state index contributed by atoms with van der Waals surface area (Å²) in [5.74, 6) is 0. The normalized spacial score (nSPS) is 12.7. The number of aromatic nitrogens is 1. The Morgan fingerprint density at radius 1 is 1.12 bits per heavy atom. The van der Waals surface area contributed by atoms with Crippen molar-refractivity contribution in [2.24, 2.45) is 5.73 Å². The number of rotatable bonds is 7. The van der Waals surface area contributed by atoms with Crippen LogP contribution in [0.3, 0.4) is 0 Å². The molecular formula is C15H26N2. The average molecular weight is 234 g/mol. The second-order valence-corrected chi connectivity index (χ2v) is 4.84. The molecule has 0 spiro atoms. The third-order valence-corrected chi connectivity index (χ3v) is 3.09. The Morgan fingerprint density at radius 2 is 1.76 bits per heavy atom.